The van der Waals surface area contributed by atoms with Crippen molar-refractivity contribution in [2.75, 3.05) is 6.54 Å². The van der Waals surface area contributed by atoms with E-state index >= 15 is 0 Å². The zero-order valence-corrected chi connectivity index (χ0v) is 12.6. The minimum absolute atomic E-state index is 0. The summed E-state index contributed by atoms with van der Waals surface area (Å²) in [7, 11) is 0. The van der Waals surface area contributed by atoms with Gasteiger partial charge in [-0.1, -0.05) is 0 Å². The maximum Gasteiger partial charge on any atom is 0.252 e. The quantitative estimate of drug-likeness (QED) is 0.613. The Bertz CT molecular complexity index is 430. The molecule has 1 amide bonds. The lowest BCUT2D eigenvalue weighted by Crippen LogP contribution is -2.29. The number of carbonyl (C=O) groups is 1. The molecule has 0 heterocycles. The number of benzene rings is 1. The zero-order chi connectivity index (χ0) is 13.0. The number of nitrogens with two attached hydrogens (primary N) is 1. The highest BCUT2D eigenvalue weighted by Gasteiger charge is 2.14. The summed E-state index contributed by atoms with van der Waals surface area (Å²) in [4.78, 5) is 11.7. The molecule has 1 rings (SSSR count). The monoisotopic (exact) mass is 390 g/mol. The van der Waals surface area contributed by atoms with E-state index in [9.17, 15) is 13.6 Å². The molecule has 1 atom stereocenters. The van der Waals surface area contributed by atoms with Gasteiger partial charge in [0.15, 0.2) is 11.6 Å². The zero-order valence-electron chi connectivity index (χ0n) is 9.67. The van der Waals surface area contributed by atoms with E-state index in [2.05, 4.69) is 5.32 Å². The van der Waals surface area contributed by atoms with E-state index in [4.69, 9.17) is 5.73 Å². The van der Waals surface area contributed by atoms with Gasteiger partial charge in [0, 0.05) is 16.2 Å². The fourth-order valence-electron chi connectivity index (χ4n) is 1.21. The van der Waals surface area contributed by atoms with Gasteiger partial charge >= 0.3 is 0 Å². The van der Waals surface area contributed by atoms with Crippen LogP contribution in [-0.4, -0.2) is 18.5 Å². The van der Waals surface area contributed by atoms with Gasteiger partial charge in [0.1, 0.15) is 0 Å². The van der Waals surface area contributed by atoms with Crippen LogP contribution in [-0.2, 0) is 0 Å². The van der Waals surface area contributed by atoms with Gasteiger partial charge < -0.3 is 11.1 Å². The van der Waals surface area contributed by atoms with Gasteiger partial charge in [0.05, 0.1) is 5.56 Å². The van der Waals surface area contributed by atoms with E-state index in [1.165, 1.54) is 0 Å². The van der Waals surface area contributed by atoms with Crippen LogP contribution in [0.25, 0.3) is 0 Å². The summed E-state index contributed by atoms with van der Waals surface area (Å²) >= 11 is 1.79. The Morgan fingerprint density at radius 3 is 2.56 bits per heavy atom. The lowest BCUT2D eigenvalue weighted by atomic mass is 10.2. The number of carbonyl (C=O) groups excluding carboxylic acids is 1. The maximum absolute atomic E-state index is 13.0. The first-order valence-corrected chi connectivity index (χ1v) is 6.18. The van der Waals surface area contributed by atoms with Crippen molar-refractivity contribution in [2.24, 2.45) is 5.73 Å². The largest absolute Gasteiger partial charge is 0.352 e. The summed E-state index contributed by atoms with van der Waals surface area (Å²) in [5.41, 5.74) is 5.66. The van der Waals surface area contributed by atoms with Crippen molar-refractivity contribution < 1.29 is 13.6 Å². The highest BCUT2D eigenvalue weighted by atomic mass is 127. The molecular weight excluding hydrogens is 376 g/mol. The molecule has 0 saturated carbocycles. The first kappa shape index (κ1) is 17.5. The molecule has 0 aliphatic carbocycles. The van der Waals surface area contributed by atoms with Crippen LogP contribution in [0.5, 0.6) is 0 Å². The second-order valence-electron chi connectivity index (χ2n) is 3.77. The van der Waals surface area contributed by atoms with Crippen molar-refractivity contribution >= 4 is 40.9 Å². The molecule has 7 heteroatoms. The third kappa shape index (κ3) is 5.03. The van der Waals surface area contributed by atoms with Crippen molar-refractivity contribution in [3.8, 4) is 0 Å². The van der Waals surface area contributed by atoms with Crippen LogP contribution in [0.15, 0.2) is 12.1 Å². The Kier molecular flexibility index (Phi) is 7.65. The molecule has 0 saturated heterocycles. The number of halogens is 4. The fraction of sp³-hybridized carbons (Fsp3) is 0.364. The van der Waals surface area contributed by atoms with E-state index in [0.29, 0.717) is 16.5 Å². The predicted molar refractivity (Wildman–Crippen MR) is 76.9 cm³/mol. The summed E-state index contributed by atoms with van der Waals surface area (Å²) in [6.07, 6.45) is 0.631. The number of hydrogen-bond acceptors (Lipinski definition) is 2. The third-order valence-corrected chi connectivity index (χ3v) is 3.03. The van der Waals surface area contributed by atoms with Crippen LogP contribution in [0, 0.1) is 15.2 Å². The van der Waals surface area contributed by atoms with E-state index in [-0.39, 0.29) is 24.0 Å². The molecule has 1 aromatic rings. The van der Waals surface area contributed by atoms with Crippen molar-refractivity contribution in [1.29, 1.82) is 0 Å². The Hall–Kier alpha value is -0.470. The molecule has 0 fully saturated rings. The smallest absolute Gasteiger partial charge is 0.252 e. The summed E-state index contributed by atoms with van der Waals surface area (Å²) in [5, 5.41) is 2.60. The minimum Gasteiger partial charge on any atom is -0.352 e. The number of rotatable bonds is 4. The van der Waals surface area contributed by atoms with Gasteiger partial charge in [-0.3, -0.25) is 4.79 Å². The molecule has 3 nitrogen and oxygen atoms in total. The average Bonchev–Trinajstić information content (AvgIpc) is 2.22. The maximum atomic E-state index is 13.0. The Morgan fingerprint density at radius 2 is 2.00 bits per heavy atom. The van der Waals surface area contributed by atoms with Crippen molar-refractivity contribution in [3.05, 3.63) is 32.9 Å². The molecule has 0 aliphatic heterocycles. The van der Waals surface area contributed by atoms with Crippen molar-refractivity contribution in [1.82, 2.24) is 5.32 Å². The number of amides is 1. The lowest BCUT2D eigenvalue weighted by molar-refractivity contribution is 0.0951. The molecule has 1 unspecified atom stereocenters. The molecule has 0 aromatic heterocycles. The predicted octanol–water partition coefficient (Wildman–Crippen LogP) is 2.46. The molecule has 102 valence electrons. The van der Waals surface area contributed by atoms with Gasteiger partial charge in [0.2, 0.25) is 0 Å². The lowest BCUT2D eigenvalue weighted by Gasteiger charge is -2.09. The SMILES string of the molecule is CC(N)CCNC(=O)c1cc(F)c(F)cc1I.Cl. The number of nitrogens with one attached hydrogen (secondary N) is 1. The van der Waals surface area contributed by atoms with Crippen LogP contribution in [0.2, 0.25) is 0 Å². The van der Waals surface area contributed by atoms with Gasteiger partial charge in [-0.25, -0.2) is 8.78 Å². The molecule has 1 aromatic carbocycles. The minimum atomic E-state index is -1.03. The van der Waals surface area contributed by atoms with Crippen LogP contribution in [0.3, 0.4) is 0 Å². The van der Waals surface area contributed by atoms with Crippen LogP contribution in [0.1, 0.15) is 23.7 Å². The first-order valence-electron chi connectivity index (χ1n) is 5.10. The average molecular weight is 391 g/mol. The van der Waals surface area contributed by atoms with Crippen molar-refractivity contribution in [2.45, 2.75) is 19.4 Å². The fourth-order valence-corrected chi connectivity index (χ4v) is 1.88. The molecule has 18 heavy (non-hydrogen) atoms. The number of hydrogen-bond donors (Lipinski definition) is 2. The third-order valence-electron chi connectivity index (χ3n) is 2.14. The second-order valence-corrected chi connectivity index (χ2v) is 4.93. The molecule has 0 aliphatic rings. The van der Waals surface area contributed by atoms with Gasteiger partial charge in [0.25, 0.3) is 5.91 Å². The molecule has 0 bridgehead atoms. The van der Waals surface area contributed by atoms with Crippen LogP contribution in [0.4, 0.5) is 8.78 Å². The second kappa shape index (κ2) is 7.85. The summed E-state index contributed by atoms with van der Waals surface area (Å²) in [6, 6.07) is 1.88. The van der Waals surface area contributed by atoms with Crippen LogP contribution < -0.4 is 11.1 Å². The highest BCUT2D eigenvalue weighted by molar-refractivity contribution is 14.1. The Labute approximate surface area is 124 Å². The molecular formula is C11H14ClF2IN2O. The van der Waals surface area contributed by atoms with E-state index < -0.39 is 17.5 Å². The highest BCUT2D eigenvalue weighted by Crippen LogP contribution is 2.17. The van der Waals surface area contributed by atoms with E-state index in [1.807, 2.05) is 6.92 Å². The molecule has 0 radical (unpaired) electrons. The van der Waals surface area contributed by atoms with Crippen LogP contribution >= 0.6 is 35.0 Å². The van der Waals surface area contributed by atoms with E-state index in [0.717, 1.165) is 12.1 Å². The van der Waals surface area contributed by atoms with Gasteiger partial charge in [-0.2, -0.15) is 0 Å². The van der Waals surface area contributed by atoms with E-state index in [1.54, 1.807) is 22.6 Å². The summed E-state index contributed by atoms with van der Waals surface area (Å²) in [5.74, 6) is -2.40. The van der Waals surface area contributed by atoms with Gasteiger partial charge in [-0.05, 0) is 48.1 Å². The Balaban J connectivity index is 0.00000289. The first-order chi connectivity index (χ1) is 7.91. The topological polar surface area (TPSA) is 55.1 Å². The normalized spacial score (nSPS) is 11.6. The summed E-state index contributed by atoms with van der Waals surface area (Å²) in [6.45, 7) is 2.24. The standard InChI is InChI=1S/C11H13F2IN2O.ClH/c1-6(15)2-3-16-11(17)7-4-8(12)9(13)5-10(7)14;/h4-6H,2-3,15H2,1H3,(H,16,17);1H. The molecule has 3 N–H and O–H groups in total. The Morgan fingerprint density at radius 1 is 1.44 bits per heavy atom. The summed E-state index contributed by atoms with van der Waals surface area (Å²) < 4.78 is 26.2. The van der Waals surface area contributed by atoms with Crippen molar-refractivity contribution in [3.63, 3.8) is 0 Å². The van der Waals surface area contributed by atoms with Gasteiger partial charge in [-0.15, -0.1) is 12.4 Å². The molecule has 0 spiro atoms.